The van der Waals surface area contributed by atoms with Crippen molar-refractivity contribution < 1.29 is 22.7 Å². The Morgan fingerprint density at radius 3 is 3.00 bits per heavy atom. The fourth-order valence-electron chi connectivity index (χ4n) is 2.37. The van der Waals surface area contributed by atoms with E-state index in [-0.39, 0.29) is 30.0 Å². The third-order valence-electron chi connectivity index (χ3n) is 3.42. The number of aromatic nitrogens is 1. The van der Waals surface area contributed by atoms with Crippen LogP contribution in [0.1, 0.15) is 16.1 Å². The zero-order chi connectivity index (χ0) is 14.3. The number of piperazine rings is 1. The van der Waals surface area contributed by atoms with Gasteiger partial charge in [0, 0.05) is 25.8 Å². The van der Waals surface area contributed by atoms with Crippen molar-refractivity contribution in [2.75, 3.05) is 26.2 Å². The van der Waals surface area contributed by atoms with Crippen LogP contribution in [-0.2, 0) is 6.18 Å². The van der Waals surface area contributed by atoms with Gasteiger partial charge in [0.05, 0.1) is 11.6 Å². The van der Waals surface area contributed by atoms with Gasteiger partial charge in [-0.15, -0.1) is 0 Å². The van der Waals surface area contributed by atoms with Crippen LogP contribution in [0.25, 0.3) is 0 Å². The van der Waals surface area contributed by atoms with Crippen LogP contribution in [0.5, 0.6) is 5.75 Å². The van der Waals surface area contributed by atoms with Crippen LogP contribution in [0.2, 0.25) is 0 Å². The van der Waals surface area contributed by atoms with Crippen LogP contribution in [0.3, 0.4) is 0 Å². The summed E-state index contributed by atoms with van der Waals surface area (Å²) < 4.78 is 43.3. The topological polar surface area (TPSA) is 54.5 Å². The molecular weight excluding hydrogens is 275 g/mol. The number of carbonyl (C=O) groups excluding carboxylic acids is 1. The van der Waals surface area contributed by atoms with Crippen molar-refractivity contribution in [2.24, 2.45) is 0 Å². The van der Waals surface area contributed by atoms with Gasteiger partial charge in [0.15, 0.2) is 11.4 Å². The summed E-state index contributed by atoms with van der Waals surface area (Å²) >= 11 is 0. The summed E-state index contributed by atoms with van der Waals surface area (Å²) in [5.41, 5.74) is -0.968. The Bertz CT molecular complexity index is 547. The third-order valence-corrected chi connectivity index (χ3v) is 3.42. The van der Waals surface area contributed by atoms with E-state index in [1.165, 1.54) is 0 Å². The Morgan fingerprint density at radius 2 is 2.25 bits per heavy atom. The molecule has 1 saturated heterocycles. The average molecular weight is 287 g/mol. The largest absolute Gasteiger partial charge is 0.489 e. The molecule has 1 aromatic heterocycles. The van der Waals surface area contributed by atoms with Crippen molar-refractivity contribution in [1.82, 2.24) is 15.2 Å². The average Bonchev–Trinajstić information content (AvgIpc) is 2.56. The number of halogens is 3. The highest BCUT2D eigenvalue weighted by Crippen LogP contribution is 2.33. The minimum absolute atomic E-state index is 0.0533. The fraction of sp³-hybridized carbons (Fsp3) is 0.500. The Morgan fingerprint density at radius 1 is 1.45 bits per heavy atom. The van der Waals surface area contributed by atoms with Gasteiger partial charge < -0.3 is 15.0 Å². The molecule has 0 aromatic carbocycles. The van der Waals surface area contributed by atoms with Crippen molar-refractivity contribution in [2.45, 2.75) is 12.2 Å². The lowest BCUT2D eigenvalue weighted by Crippen LogP contribution is -2.54. The Kier molecular flexibility index (Phi) is 3.04. The summed E-state index contributed by atoms with van der Waals surface area (Å²) in [6, 6.07) is 0.659. The van der Waals surface area contributed by atoms with Crippen LogP contribution in [-0.4, -0.2) is 48.1 Å². The highest BCUT2D eigenvalue weighted by Gasteiger charge is 2.37. The van der Waals surface area contributed by atoms with Gasteiger partial charge >= 0.3 is 6.18 Å². The molecule has 5 nitrogen and oxygen atoms in total. The van der Waals surface area contributed by atoms with Gasteiger partial charge in [-0.05, 0) is 6.07 Å². The van der Waals surface area contributed by atoms with Crippen molar-refractivity contribution >= 4 is 5.91 Å². The highest BCUT2D eigenvalue weighted by molar-refractivity contribution is 5.95. The van der Waals surface area contributed by atoms with Gasteiger partial charge in [0.2, 0.25) is 0 Å². The Hall–Kier alpha value is -1.83. The second kappa shape index (κ2) is 4.62. The monoisotopic (exact) mass is 287 g/mol. The summed E-state index contributed by atoms with van der Waals surface area (Å²) in [6.45, 7) is 1.87. The van der Waals surface area contributed by atoms with Crippen molar-refractivity contribution in [3.63, 3.8) is 0 Å². The van der Waals surface area contributed by atoms with Gasteiger partial charge in [-0.2, -0.15) is 13.2 Å². The maximum absolute atomic E-state index is 12.7. The summed E-state index contributed by atoms with van der Waals surface area (Å²) in [4.78, 5) is 17.6. The number of nitrogens with one attached hydrogen (secondary N) is 1. The molecule has 3 heterocycles. The van der Waals surface area contributed by atoms with Crippen molar-refractivity contribution in [1.29, 1.82) is 0 Å². The molecule has 2 aliphatic rings. The Labute approximate surface area is 112 Å². The van der Waals surface area contributed by atoms with E-state index in [1.807, 2.05) is 0 Å². The van der Waals surface area contributed by atoms with E-state index < -0.39 is 11.7 Å². The number of ether oxygens (including phenoxy) is 1. The van der Waals surface area contributed by atoms with Crippen molar-refractivity contribution in [3.05, 3.63) is 23.5 Å². The van der Waals surface area contributed by atoms with Crippen LogP contribution in [0, 0.1) is 0 Å². The molecule has 1 atom stereocenters. The first-order chi connectivity index (χ1) is 9.47. The number of alkyl halides is 3. The second-order valence-electron chi connectivity index (χ2n) is 4.74. The van der Waals surface area contributed by atoms with E-state index in [0.717, 1.165) is 6.07 Å². The number of pyridine rings is 1. The van der Waals surface area contributed by atoms with Crippen LogP contribution in [0.15, 0.2) is 12.3 Å². The lowest BCUT2D eigenvalue weighted by Gasteiger charge is -2.33. The number of fused-ring (bicyclic) bond motifs is 2. The van der Waals surface area contributed by atoms with E-state index >= 15 is 0 Å². The molecule has 2 aliphatic heterocycles. The molecule has 1 unspecified atom stereocenters. The fourth-order valence-corrected chi connectivity index (χ4v) is 2.37. The van der Waals surface area contributed by atoms with Gasteiger partial charge in [-0.1, -0.05) is 0 Å². The van der Waals surface area contributed by atoms with Crippen LogP contribution in [0.4, 0.5) is 13.2 Å². The molecule has 0 aliphatic carbocycles. The number of nitrogens with zero attached hydrogens (tertiary/aromatic N) is 2. The first-order valence-electron chi connectivity index (χ1n) is 6.18. The molecule has 108 valence electrons. The standard InChI is InChI=1S/C12H12F3N3O2/c13-12(14,15)7-3-9-10(17-4-7)11(19)18-2-1-16-5-8(18)6-20-9/h3-4,8,16H,1-2,5-6H2. The van der Waals surface area contributed by atoms with Gasteiger partial charge in [-0.25, -0.2) is 4.98 Å². The van der Waals surface area contributed by atoms with Gasteiger partial charge in [0.25, 0.3) is 5.91 Å². The SMILES string of the molecule is O=C1c2ncc(C(F)(F)F)cc2OCC2CNCCN12. The first kappa shape index (κ1) is 13.2. The minimum Gasteiger partial charge on any atom is -0.489 e. The normalized spacial score (nSPS) is 22.6. The molecule has 1 amide bonds. The second-order valence-corrected chi connectivity index (χ2v) is 4.74. The summed E-state index contributed by atoms with van der Waals surface area (Å²) in [7, 11) is 0. The summed E-state index contributed by atoms with van der Waals surface area (Å²) in [6.07, 6.45) is -3.84. The molecule has 0 bridgehead atoms. The maximum Gasteiger partial charge on any atom is 0.418 e. The van der Waals surface area contributed by atoms with E-state index in [1.54, 1.807) is 4.90 Å². The number of carbonyl (C=O) groups is 1. The lowest BCUT2D eigenvalue weighted by molar-refractivity contribution is -0.138. The number of hydrogen-bond donors (Lipinski definition) is 1. The molecule has 1 fully saturated rings. The first-order valence-corrected chi connectivity index (χ1v) is 6.18. The molecule has 1 N–H and O–H groups in total. The zero-order valence-corrected chi connectivity index (χ0v) is 10.4. The molecule has 1 aromatic rings. The molecule has 20 heavy (non-hydrogen) atoms. The molecule has 0 spiro atoms. The van der Waals surface area contributed by atoms with E-state index in [0.29, 0.717) is 25.8 Å². The number of amides is 1. The highest BCUT2D eigenvalue weighted by atomic mass is 19.4. The summed E-state index contributed by atoms with van der Waals surface area (Å²) in [5.74, 6) is -0.475. The Balaban J connectivity index is 1.99. The van der Waals surface area contributed by atoms with Crippen molar-refractivity contribution in [3.8, 4) is 5.75 Å². The quantitative estimate of drug-likeness (QED) is 0.770. The summed E-state index contributed by atoms with van der Waals surface area (Å²) in [5, 5.41) is 3.12. The molecular formula is C12H12F3N3O2. The predicted molar refractivity (Wildman–Crippen MR) is 62.4 cm³/mol. The van der Waals surface area contributed by atoms with Gasteiger partial charge in [0.1, 0.15) is 6.61 Å². The maximum atomic E-state index is 12.7. The molecule has 8 heteroatoms. The molecule has 0 radical (unpaired) electrons. The zero-order valence-electron chi connectivity index (χ0n) is 10.4. The molecule has 0 saturated carbocycles. The van der Waals surface area contributed by atoms with E-state index in [2.05, 4.69) is 10.3 Å². The minimum atomic E-state index is -4.50. The lowest BCUT2D eigenvalue weighted by atomic mass is 10.2. The van der Waals surface area contributed by atoms with E-state index in [4.69, 9.17) is 4.74 Å². The smallest absolute Gasteiger partial charge is 0.418 e. The number of hydrogen-bond acceptors (Lipinski definition) is 4. The van der Waals surface area contributed by atoms with Crippen LogP contribution >= 0.6 is 0 Å². The molecule has 3 rings (SSSR count). The predicted octanol–water partition coefficient (Wildman–Crippen LogP) is 0.907. The van der Waals surface area contributed by atoms with Crippen LogP contribution < -0.4 is 10.1 Å². The van der Waals surface area contributed by atoms with E-state index in [9.17, 15) is 18.0 Å². The number of rotatable bonds is 0. The van der Waals surface area contributed by atoms with Gasteiger partial charge in [-0.3, -0.25) is 4.79 Å². The third kappa shape index (κ3) is 2.20.